The molecule has 1 N–H and O–H groups in total. The highest BCUT2D eigenvalue weighted by Crippen LogP contribution is 2.28. The van der Waals surface area contributed by atoms with E-state index in [-0.39, 0.29) is 12.0 Å². The van der Waals surface area contributed by atoms with Crippen molar-refractivity contribution in [2.45, 2.75) is 39.2 Å². The van der Waals surface area contributed by atoms with Gasteiger partial charge in [-0.25, -0.2) is 10.1 Å². The molecule has 0 radical (unpaired) electrons. The van der Waals surface area contributed by atoms with Gasteiger partial charge in [0.1, 0.15) is 5.75 Å². The van der Waals surface area contributed by atoms with Gasteiger partial charge in [0, 0.05) is 11.3 Å². The molecular weight excluding hydrogens is 400 g/mol. The smallest absolute Gasteiger partial charge is 0.292 e. The van der Waals surface area contributed by atoms with E-state index in [1.807, 2.05) is 54.9 Å². The Morgan fingerprint density at radius 2 is 2.03 bits per heavy atom. The van der Waals surface area contributed by atoms with Crippen molar-refractivity contribution in [2.24, 2.45) is 5.10 Å². The van der Waals surface area contributed by atoms with E-state index in [1.54, 1.807) is 18.3 Å². The van der Waals surface area contributed by atoms with E-state index >= 15 is 0 Å². The summed E-state index contributed by atoms with van der Waals surface area (Å²) in [5, 5.41) is 9.16. The number of carbonyl (C=O) groups excluding carboxylic acids is 1. The lowest BCUT2D eigenvalue weighted by atomic mass is 10.2. The zero-order chi connectivity index (χ0) is 21.1. The molecule has 6 nitrogen and oxygen atoms in total. The molecule has 0 unspecified atom stereocenters. The Hall–Kier alpha value is -3.12. The number of para-hydroxylation sites is 1. The number of nitrogens with one attached hydrogen (secondary N) is 1. The number of hydrogen-bond acceptors (Lipinski definition) is 4. The summed E-state index contributed by atoms with van der Waals surface area (Å²) in [5.74, 6) is 0.305. The van der Waals surface area contributed by atoms with Crippen molar-refractivity contribution in [1.82, 2.24) is 15.2 Å². The quantitative estimate of drug-likeness (QED) is 0.467. The number of hydrazone groups is 1. The number of fused-ring (bicyclic) bond motifs is 1. The highest BCUT2D eigenvalue weighted by Gasteiger charge is 2.26. The van der Waals surface area contributed by atoms with Crippen molar-refractivity contribution in [1.29, 1.82) is 0 Å². The maximum absolute atomic E-state index is 12.7. The van der Waals surface area contributed by atoms with E-state index in [0.29, 0.717) is 16.5 Å². The van der Waals surface area contributed by atoms with Gasteiger partial charge in [0.15, 0.2) is 5.69 Å². The van der Waals surface area contributed by atoms with Crippen LogP contribution in [-0.2, 0) is 12.8 Å². The third-order valence-electron chi connectivity index (χ3n) is 4.84. The van der Waals surface area contributed by atoms with E-state index in [2.05, 4.69) is 15.6 Å². The Morgan fingerprint density at radius 3 is 2.77 bits per heavy atom. The summed E-state index contributed by atoms with van der Waals surface area (Å²) in [6.07, 6.45) is 4.38. The predicted molar refractivity (Wildman–Crippen MR) is 118 cm³/mol. The fraction of sp³-hybridized carbons (Fsp3) is 0.261. The Labute approximate surface area is 180 Å². The lowest BCUT2D eigenvalue weighted by molar-refractivity contribution is 0.0949. The van der Waals surface area contributed by atoms with Crippen LogP contribution in [0.4, 0.5) is 0 Å². The van der Waals surface area contributed by atoms with E-state index in [1.165, 1.54) is 0 Å². The maximum atomic E-state index is 12.7. The minimum absolute atomic E-state index is 0.0405. The number of aromatic nitrogens is 2. The minimum Gasteiger partial charge on any atom is -0.489 e. The van der Waals surface area contributed by atoms with Crippen LogP contribution in [0.5, 0.6) is 5.75 Å². The molecular formula is C23H23ClN4O2. The topological polar surface area (TPSA) is 68.5 Å². The maximum Gasteiger partial charge on any atom is 0.292 e. The van der Waals surface area contributed by atoms with Crippen LogP contribution < -0.4 is 10.2 Å². The molecule has 0 bridgehead atoms. The highest BCUT2D eigenvalue weighted by molar-refractivity contribution is 6.32. The Balaban J connectivity index is 1.49. The first-order valence-electron chi connectivity index (χ1n) is 9.98. The third-order valence-corrected chi connectivity index (χ3v) is 5.14. The summed E-state index contributed by atoms with van der Waals surface area (Å²) < 4.78 is 7.49. The number of amides is 1. The van der Waals surface area contributed by atoms with Crippen LogP contribution in [0.3, 0.4) is 0 Å². The summed E-state index contributed by atoms with van der Waals surface area (Å²) in [6.45, 7) is 3.88. The number of halogens is 1. The Kier molecular flexibility index (Phi) is 5.86. The van der Waals surface area contributed by atoms with Crippen LogP contribution in [0.15, 0.2) is 53.6 Å². The summed E-state index contributed by atoms with van der Waals surface area (Å²) >= 11 is 6.25. The Bertz CT molecular complexity index is 1090. The first-order valence-corrected chi connectivity index (χ1v) is 10.4. The number of ether oxygens (including phenoxy) is 1. The van der Waals surface area contributed by atoms with Crippen LogP contribution >= 0.6 is 11.6 Å². The van der Waals surface area contributed by atoms with Gasteiger partial charge in [0.2, 0.25) is 0 Å². The number of carbonyl (C=O) groups is 1. The average molecular weight is 423 g/mol. The molecule has 0 fully saturated rings. The average Bonchev–Trinajstić information content (AvgIpc) is 3.33. The van der Waals surface area contributed by atoms with Crippen LogP contribution in [0.25, 0.3) is 5.69 Å². The molecule has 0 aliphatic heterocycles. The summed E-state index contributed by atoms with van der Waals surface area (Å²) in [7, 11) is 0. The van der Waals surface area contributed by atoms with Gasteiger partial charge < -0.3 is 4.74 Å². The second kappa shape index (κ2) is 8.71. The van der Waals surface area contributed by atoms with Gasteiger partial charge in [-0.15, -0.1) is 0 Å². The van der Waals surface area contributed by atoms with Crippen molar-refractivity contribution < 1.29 is 9.53 Å². The molecule has 1 amide bonds. The van der Waals surface area contributed by atoms with Crippen LogP contribution in [-0.4, -0.2) is 28.0 Å². The second-order valence-corrected chi connectivity index (χ2v) is 7.84. The Morgan fingerprint density at radius 1 is 1.23 bits per heavy atom. The van der Waals surface area contributed by atoms with Gasteiger partial charge >= 0.3 is 0 Å². The van der Waals surface area contributed by atoms with Crippen molar-refractivity contribution in [2.75, 3.05) is 0 Å². The number of benzene rings is 2. The number of rotatable bonds is 6. The second-order valence-electron chi connectivity index (χ2n) is 7.43. The first-order chi connectivity index (χ1) is 14.5. The van der Waals surface area contributed by atoms with E-state index in [4.69, 9.17) is 16.3 Å². The molecule has 4 rings (SSSR count). The fourth-order valence-electron chi connectivity index (χ4n) is 3.57. The number of hydrogen-bond donors (Lipinski definition) is 1. The van der Waals surface area contributed by atoms with Crippen LogP contribution in [0, 0.1) is 0 Å². The molecule has 0 spiro atoms. The van der Waals surface area contributed by atoms with Gasteiger partial charge in [-0.2, -0.15) is 10.2 Å². The third kappa shape index (κ3) is 4.24. The molecule has 1 aliphatic carbocycles. The largest absolute Gasteiger partial charge is 0.489 e. The van der Waals surface area contributed by atoms with Gasteiger partial charge in [0.05, 0.1) is 23.0 Å². The predicted octanol–water partition coefficient (Wildman–Crippen LogP) is 4.57. The zero-order valence-electron chi connectivity index (χ0n) is 16.9. The summed E-state index contributed by atoms with van der Waals surface area (Å²) in [6, 6.07) is 15.2. The van der Waals surface area contributed by atoms with Crippen molar-refractivity contribution >= 4 is 23.7 Å². The molecule has 1 aromatic heterocycles. The normalized spacial score (nSPS) is 13.1. The van der Waals surface area contributed by atoms with Crippen molar-refractivity contribution in [3.05, 3.63) is 76.1 Å². The summed E-state index contributed by atoms with van der Waals surface area (Å²) in [4.78, 5) is 12.7. The molecule has 30 heavy (non-hydrogen) atoms. The summed E-state index contributed by atoms with van der Waals surface area (Å²) in [5.41, 5.74) is 6.84. The zero-order valence-corrected chi connectivity index (χ0v) is 17.7. The molecule has 0 saturated heterocycles. The van der Waals surface area contributed by atoms with Gasteiger partial charge in [0.25, 0.3) is 5.91 Å². The monoisotopic (exact) mass is 422 g/mol. The SMILES string of the molecule is CC(C)Oc1ccc(/C=N/NC(=O)c2nn(-c3ccccc3)c3c2CCC3)cc1Cl. The molecule has 3 aromatic rings. The minimum atomic E-state index is -0.315. The van der Waals surface area contributed by atoms with Crippen LogP contribution in [0.2, 0.25) is 5.02 Å². The van der Waals surface area contributed by atoms with Gasteiger partial charge in [-0.05, 0) is 69.0 Å². The highest BCUT2D eigenvalue weighted by atomic mass is 35.5. The van der Waals surface area contributed by atoms with E-state index < -0.39 is 0 Å². The first kappa shape index (κ1) is 20.2. The van der Waals surface area contributed by atoms with E-state index in [9.17, 15) is 4.79 Å². The molecule has 7 heteroatoms. The molecule has 2 aromatic carbocycles. The lowest BCUT2D eigenvalue weighted by Crippen LogP contribution is -2.20. The molecule has 1 aliphatic rings. The molecule has 154 valence electrons. The van der Waals surface area contributed by atoms with E-state index in [0.717, 1.165) is 41.8 Å². The fourth-order valence-corrected chi connectivity index (χ4v) is 3.80. The van der Waals surface area contributed by atoms with Crippen molar-refractivity contribution in [3.63, 3.8) is 0 Å². The van der Waals surface area contributed by atoms with Gasteiger partial charge in [-0.3, -0.25) is 4.79 Å². The van der Waals surface area contributed by atoms with Gasteiger partial charge in [-0.1, -0.05) is 29.8 Å². The van der Waals surface area contributed by atoms with Crippen LogP contribution in [0.1, 0.15) is 47.6 Å². The number of nitrogens with zero attached hydrogens (tertiary/aromatic N) is 3. The molecule has 1 heterocycles. The standard InChI is InChI=1S/C23H23ClN4O2/c1-15(2)30-21-12-11-16(13-19(21)24)14-25-26-23(29)22-18-9-6-10-20(18)28(27-22)17-7-4-3-5-8-17/h3-5,7-8,11-15H,6,9-10H2,1-2H3,(H,26,29)/b25-14+. The molecule has 0 atom stereocenters. The lowest BCUT2D eigenvalue weighted by Gasteiger charge is -2.11. The van der Waals surface area contributed by atoms with Crippen molar-refractivity contribution in [3.8, 4) is 11.4 Å². The molecule has 0 saturated carbocycles.